The van der Waals surface area contributed by atoms with Crippen molar-refractivity contribution in [2.45, 2.75) is 0 Å². The van der Waals surface area contributed by atoms with Gasteiger partial charge in [0.1, 0.15) is 0 Å². The third-order valence-corrected chi connectivity index (χ3v) is 2.14. The summed E-state index contributed by atoms with van der Waals surface area (Å²) in [5.74, 6) is 0. The minimum Gasteiger partial charge on any atom is -0.361 e. The van der Waals surface area contributed by atoms with Crippen LogP contribution in [0.1, 0.15) is 0 Å². The lowest BCUT2D eigenvalue weighted by atomic mass is 10.2. The number of aromatic amines is 1. The van der Waals surface area contributed by atoms with Crippen molar-refractivity contribution in [3.63, 3.8) is 0 Å². The van der Waals surface area contributed by atoms with Crippen molar-refractivity contribution < 1.29 is 0 Å². The molecule has 0 unspecified atom stereocenters. The zero-order chi connectivity index (χ0) is 8.67. The van der Waals surface area contributed by atoms with E-state index in [1.807, 2.05) is 24.4 Å². The number of hydrogen-bond acceptors (Lipinski definition) is 2. The molecule has 1 N–H and O–H groups in total. The molecule has 0 saturated carbocycles. The Morgan fingerprint density at radius 2 is 1.77 bits per heavy atom. The molecular weight excluding hydrogens is 162 g/mol. The summed E-state index contributed by atoms with van der Waals surface area (Å²) in [6.07, 6.45) is 5.33. The van der Waals surface area contributed by atoms with Crippen LogP contribution in [0.4, 0.5) is 0 Å². The van der Waals surface area contributed by atoms with Crippen LogP contribution in [0.25, 0.3) is 21.9 Å². The Hall–Kier alpha value is -1.90. The summed E-state index contributed by atoms with van der Waals surface area (Å²) in [4.78, 5) is 11.6. The monoisotopic (exact) mass is 169 g/mol. The zero-order valence-electron chi connectivity index (χ0n) is 6.86. The first-order valence-corrected chi connectivity index (χ1v) is 4.11. The lowest BCUT2D eigenvalue weighted by Gasteiger charge is -1.95. The van der Waals surface area contributed by atoms with Crippen molar-refractivity contribution in [1.82, 2.24) is 15.0 Å². The molecule has 0 aliphatic heterocycles. The van der Waals surface area contributed by atoms with E-state index in [-0.39, 0.29) is 0 Å². The zero-order valence-corrected chi connectivity index (χ0v) is 6.86. The van der Waals surface area contributed by atoms with Gasteiger partial charge in [-0.1, -0.05) is 0 Å². The number of nitrogens with zero attached hydrogens (tertiary/aromatic N) is 2. The summed E-state index contributed by atoms with van der Waals surface area (Å²) >= 11 is 0. The molecule has 3 aromatic rings. The Kier molecular flexibility index (Phi) is 1.16. The van der Waals surface area contributed by atoms with Crippen LogP contribution in [0.15, 0.2) is 36.8 Å². The van der Waals surface area contributed by atoms with Crippen LogP contribution in [0.2, 0.25) is 0 Å². The average molecular weight is 169 g/mol. The average Bonchev–Trinajstić information content (AvgIpc) is 2.61. The van der Waals surface area contributed by atoms with E-state index >= 15 is 0 Å². The van der Waals surface area contributed by atoms with Gasteiger partial charge in [0.15, 0.2) is 0 Å². The molecule has 3 nitrogen and oxygen atoms in total. The summed E-state index contributed by atoms with van der Waals surface area (Å²) in [5, 5.41) is 1.17. The molecule has 0 aliphatic rings. The molecule has 0 bridgehead atoms. The highest BCUT2D eigenvalue weighted by molar-refractivity contribution is 5.92. The van der Waals surface area contributed by atoms with Gasteiger partial charge >= 0.3 is 0 Å². The Labute approximate surface area is 74.4 Å². The van der Waals surface area contributed by atoms with Crippen LogP contribution < -0.4 is 0 Å². The van der Waals surface area contributed by atoms with Gasteiger partial charge in [-0.3, -0.25) is 9.97 Å². The maximum atomic E-state index is 4.23. The van der Waals surface area contributed by atoms with E-state index in [9.17, 15) is 0 Å². The molecule has 0 amide bonds. The Bertz CT molecular complexity index is 519. The Morgan fingerprint density at radius 1 is 1.00 bits per heavy atom. The highest BCUT2D eigenvalue weighted by Crippen LogP contribution is 2.17. The van der Waals surface area contributed by atoms with Gasteiger partial charge in [0.2, 0.25) is 0 Å². The predicted molar refractivity (Wildman–Crippen MR) is 51.4 cm³/mol. The van der Waals surface area contributed by atoms with Crippen molar-refractivity contribution in [1.29, 1.82) is 0 Å². The van der Waals surface area contributed by atoms with Crippen molar-refractivity contribution in [2.24, 2.45) is 0 Å². The minimum atomic E-state index is 0.928. The van der Waals surface area contributed by atoms with E-state index in [1.54, 1.807) is 12.4 Å². The van der Waals surface area contributed by atoms with E-state index in [4.69, 9.17) is 0 Å². The number of H-pyrrole nitrogens is 1. The van der Waals surface area contributed by atoms with E-state index in [0.29, 0.717) is 0 Å². The second kappa shape index (κ2) is 2.29. The molecule has 0 radical (unpaired) electrons. The second-order valence-electron chi connectivity index (χ2n) is 2.96. The van der Waals surface area contributed by atoms with Crippen molar-refractivity contribution in [3.05, 3.63) is 36.8 Å². The lowest BCUT2D eigenvalue weighted by molar-refractivity contribution is 1.30. The van der Waals surface area contributed by atoms with Crippen LogP contribution in [-0.2, 0) is 0 Å². The van der Waals surface area contributed by atoms with E-state index in [2.05, 4.69) is 15.0 Å². The molecule has 3 heteroatoms. The number of nitrogens with one attached hydrogen (secondary N) is 1. The molecule has 2 heterocycles. The molecule has 0 aliphatic carbocycles. The summed E-state index contributed by atoms with van der Waals surface area (Å²) in [6.45, 7) is 0. The van der Waals surface area contributed by atoms with Gasteiger partial charge in [-0.05, 0) is 18.2 Å². The molecule has 0 spiro atoms. The van der Waals surface area contributed by atoms with Gasteiger partial charge in [0.05, 0.1) is 11.0 Å². The summed E-state index contributed by atoms with van der Waals surface area (Å²) in [7, 11) is 0. The first-order chi connectivity index (χ1) is 6.43. The molecular formula is C10H7N3. The normalized spacial score (nSPS) is 11.1. The van der Waals surface area contributed by atoms with Crippen molar-refractivity contribution >= 4 is 21.9 Å². The Morgan fingerprint density at radius 3 is 2.62 bits per heavy atom. The first kappa shape index (κ1) is 6.60. The largest absolute Gasteiger partial charge is 0.361 e. The highest BCUT2D eigenvalue weighted by Gasteiger charge is 1.98. The molecule has 1 aromatic carbocycles. The minimum absolute atomic E-state index is 0.928. The van der Waals surface area contributed by atoms with Gasteiger partial charge in [-0.25, -0.2) is 0 Å². The fraction of sp³-hybridized carbons (Fsp3) is 0. The summed E-state index contributed by atoms with van der Waals surface area (Å²) in [5.41, 5.74) is 2.97. The quantitative estimate of drug-likeness (QED) is 0.560. The predicted octanol–water partition coefficient (Wildman–Crippen LogP) is 2.11. The summed E-state index contributed by atoms with van der Waals surface area (Å²) < 4.78 is 0. The van der Waals surface area contributed by atoms with E-state index in [0.717, 1.165) is 16.6 Å². The van der Waals surface area contributed by atoms with Gasteiger partial charge in [-0.15, -0.1) is 0 Å². The van der Waals surface area contributed by atoms with E-state index in [1.165, 1.54) is 5.39 Å². The SMILES string of the molecule is c1cnc2cc3[nH]ccc3cc2n1. The van der Waals surface area contributed by atoms with Gasteiger partial charge in [-0.2, -0.15) is 0 Å². The first-order valence-electron chi connectivity index (χ1n) is 4.11. The fourth-order valence-electron chi connectivity index (χ4n) is 1.51. The number of benzene rings is 1. The molecule has 3 rings (SSSR count). The standard InChI is InChI=1S/C10H7N3/c1-2-11-8-6-10-9(5-7(1)8)12-3-4-13-10/h1-6,11H. The third kappa shape index (κ3) is 0.902. The molecule has 0 saturated heterocycles. The second-order valence-corrected chi connectivity index (χ2v) is 2.96. The van der Waals surface area contributed by atoms with E-state index < -0.39 is 0 Å². The maximum absolute atomic E-state index is 4.23. The maximum Gasteiger partial charge on any atom is 0.0907 e. The van der Waals surface area contributed by atoms with Crippen LogP contribution in [-0.4, -0.2) is 15.0 Å². The van der Waals surface area contributed by atoms with Crippen molar-refractivity contribution in [2.75, 3.05) is 0 Å². The fourth-order valence-corrected chi connectivity index (χ4v) is 1.51. The van der Waals surface area contributed by atoms with Crippen LogP contribution in [0.3, 0.4) is 0 Å². The van der Waals surface area contributed by atoms with Gasteiger partial charge in [0, 0.05) is 29.5 Å². The molecule has 2 aromatic heterocycles. The molecule has 62 valence electrons. The molecule has 13 heavy (non-hydrogen) atoms. The highest BCUT2D eigenvalue weighted by atomic mass is 14.8. The van der Waals surface area contributed by atoms with Crippen LogP contribution in [0, 0.1) is 0 Å². The van der Waals surface area contributed by atoms with Gasteiger partial charge in [0.25, 0.3) is 0 Å². The summed E-state index contributed by atoms with van der Waals surface area (Å²) in [6, 6.07) is 6.08. The number of rotatable bonds is 0. The van der Waals surface area contributed by atoms with Crippen LogP contribution >= 0.6 is 0 Å². The number of hydrogen-bond donors (Lipinski definition) is 1. The van der Waals surface area contributed by atoms with Crippen LogP contribution in [0.5, 0.6) is 0 Å². The third-order valence-electron chi connectivity index (χ3n) is 2.14. The topological polar surface area (TPSA) is 41.6 Å². The van der Waals surface area contributed by atoms with Gasteiger partial charge < -0.3 is 4.98 Å². The number of fused-ring (bicyclic) bond motifs is 2. The molecule has 0 atom stereocenters. The van der Waals surface area contributed by atoms with Crippen molar-refractivity contribution in [3.8, 4) is 0 Å². The Balaban J connectivity index is 2.57. The number of aromatic nitrogens is 3. The smallest absolute Gasteiger partial charge is 0.0907 e. The lowest BCUT2D eigenvalue weighted by Crippen LogP contribution is -1.81. The molecule has 0 fully saturated rings.